The molecule has 6 heteroatoms. The molecule has 0 amide bonds. The second-order valence-electron chi connectivity index (χ2n) is 5.86. The topological polar surface area (TPSA) is 71.4 Å². The first-order valence-electron chi connectivity index (χ1n) is 8.17. The minimum atomic E-state index is 0.216. The van der Waals surface area contributed by atoms with Crippen molar-refractivity contribution in [1.82, 2.24) is 15.0 Å². The van der Waals surface area contributed by atoms with Gasteiger partial charge in [-0.2, -0.15) is 0 Å². The summed E-state index contributed by atoms with van der Waals surface area (Å²) >= 11 is 0. The third kappa shape index (κ3) is 3.04. The number of pyridine rings is 1. The van der Waals surface area contributed by atoms with Gasteiger partial charge in [-0.15, -0.1) is 0 Å². The molecule has 4 rings (SSSR count). The van der Waals surface area contributed by atoms with E-state index in [1.54, 1.807) is 24.4 Å². The summed E-state index contributed by atoms with van der Waals surface area (Å²) in [4.78, 5) is 16.2. The Hall–Kier alpha value is -2.99. The molecule has 1 saturated heterocycles. The molecule has 3 heterocycles. The van der Waals surface area contributed by atoms with Gasteiger partial charge in [0.2, 0.25) is 0 Å². The van der Waals surface area contributed by atoms with Crippen LogP contribution in [0.4, 0.5) is 5.82 Å². The summed E-state index contributed by atoms with van der Waals surface area (Å²) in [5, 5.41) is 9.52. The maximum absolute atomic E-state index is 9.52. The Bertz CT molecular complexity index is 919. The average molecular weight is 334 g/mol. The van der Waals surface area contributed by atoms with Crippen molar-refractivity contribution in [2.24, 2.45) is 0 Å². The average Bonchev–Trinajstić information content (AvgIpc) is 2.68. The van der Waals surface area contributed by atoms with E-state index in [0.29, 0.717) is 19.0 Å². The van der Waals surface area contributed by atoms with E-state index >= 15 is 0 Å². The Morgan fingerprint density at radius 3 is 2.60 bits per heavy atom. The van der Waals surface area contributed by atoms with Gasteiger partial charge in [0.25, 0.3) is 0 Å². The number of anilines is 1. The van der Waals surface area contributed by atoms with E-state index in [0.717, 1.165) is 41.1 Å². The number of nitrogens with zero attached hydrogens (tertiary/aromatic N) is 4. The summed E-state index contributed by atoms with van der Waals surface area (Å²) < 4.78 is 5.45. The maximum Gasteiger partial charge on any atom is 0.162 e. The van der Waals surface area contributed by atoms with Crippen molar-refractivity contribution in [3.8, 4) is 17.1 Å². The summed E-state index contributed by atoms with van der Waals surface area (Å²) in [5.41, 5.74) is 3.31. The lowest BCUT2D eigenvalue weighted by Crippen LogP contribution is -2.37. The Kier molecular flexibility index (Phi) is 4.03. The second kappa shape index (κ2) is 6.49. The molecule has 0 unspecified atom stereocenters. The fraction of sp³-hybridized carbons (Fsp3) is 0.211. The summed E-state index contributed by atoms with van der Waals surface area (Å²) in [5.74, 6) is 1.64. The van der Waals surface area contributed by atoms with Crippen molar-refractivity contribution in [2.45, 2.75) is 0 Å². The molecule has 0 aliphatic carbocycles. The van der Waals surface area contributed by atoms with Crippen LogP contribution in [-0.4, -0.2) is 46.4 Å². The Balaban J connectivity index is 1.90. The number of hydrogen-bond donors (Lipinski definition) is 1. The van der Waals surface area contributed by atoms with Gasteiger partial charge in [0.1, 0.15) is 11.3 Å². The van der Waals surface area contributed by atoms with Gasteiger partial charge in [0, 0.05) is 24.8 Å². The molecule has 1 aliphatic rings. The van der Waals surface area contributed by atoms with Crippen LogP contribution >= 0.6 is 0 Å². The van der Waals surface area contributed by atoms with Crippen molar-refractivity contribution in [1.29, 1.82) is 0 Å². The van der Waals surface area contributed by atoms with Gasteiger partial charge in [-0.05, 0) is 35.9 Å². The molecule has 0 atom stereocenters. The van der Waals surface area contributed by atoms with Gasteiger partial charge >= 0.3 is 0 Å². The molecule has 1 aliphatic heterocycles. The fourth-order valence-corrected chi connectivity index (χ4v) is 2.87. The number of phenolic OH excluding ortho intramolecular Hbond substituents is 1. The molecule has 0 bridgehead atoms. The smallest absolute Gasteiger partial charge is 0.162 e. The number of ether oxygens (including phenoxy) is 1. The van der Waals surface area contributed by atoms with Crippen LogP contribution in [0.5, 0.6) is 5.75 Å². The molecular formula is C19H18N4O2. The number of rotatable bonds is 3. The van der Waals surface area contributed by atoms with E-state index in [1.807, 2.05) is 18.2 Å². The van der Waals surface area contributed by atoms with Gasteiger partial charge in [-0.3, -0.25) is 4.98 Å². The highest BCUT2D eigenvalue weighted by Crippen LogP contribution is 2.28. The summed E-state index contributed by atoms with van der Waals surface area (Å²) in [7, 11) is 0. The molecule has 0 radical (unpaired) electrons. The number of aromatic nitrogens is 3. The maximum atomic E-state index is 9.52. The predicted molar refractivity (Wildman–Crippen MR) is 97.6 cm³/mol. The van der Waals surface area contributed by atoms with E-state index in [4.69, 9.17) is 9.72 Å². The molecule has 25 heavy (non-hydrogen) atoms. The van der Waals surface area contributed by atoms with Crippen LogP contribution < -0.4 is 4.90 Å². The molecular weight excluding hydrogens is 316 g/mol. The van der Waals surface area contributed by atoms with Gasteiger partial charge in [0.15, 0.2) is 11.6 Å². The van der Waals surface area contributed by atoms with Gasteiger partial charge in [-0.25, -0.2) is 9.97 Å². The first-order chi connectivity index (χ1) is 12.2. The number of hydrogen-bond acceptors (Lipinski definition) is 6. The van der Waals surface area contributed by atoms with Crippen molar-refractivity contribution < 1.29 is 9.84 Å². The standard InChI is InChI=1S/C19H18N4O2/c1-2-13-11-16-17(20-12-13)19(23-7-9-25-10-8-23)22-18(21-16)14-3-5-15(24)6-4-14/h2-6,11-12,24H,1,7-10H2. The first kappa shape index (κ1) is 15.5. The van der Waals surface area contributed by atoms with E-state index < -0.39 is 0 Å². The van der Waals surface area contributed by atoms with Crippen molar-refractivity contribution in [2.75, 3.05) is 31.2 Å². The summed E-state index contributed by atoms with van der Waals surface area (Å²) in [6.07, 6.45) is 3.53. The number of aromatic hydroxyl groups is 1. The summed E-state index contributed by atoms with van der Waals surface area (Å²) in [6, 6.07) is 8.85. The van der Waals surface area contributed by atoms with E-state index in [2.05, 4.69) is 21.4 Å². The zero-order valence-electron chi connectivity index (χ0n) is 13.7. The molecule has 0 saturated carbocycles. The predicted octanol–water partition coefficient (Wildman–Crippen LogP) is 2.88. The molecule has 126 valence electrons. The molecule has 6 nitrogen and oxygen atoms in total. The Morgan fingerprint density at radius 1 is 1.12 bits per heavy atom. The molecule has 2 aromatic heterocycles. The van der Waals surface area contributed by atoms with Crippen molar-refractivity contribution in [3.05, 3.63) is 48.7 Å². The van der Waals surface area contributed by atoms with Gasteiger partial charge < -0.3 is 14.7 Å². The summed E-state index contributed by atoms with van der Waals surface area (Å²) in [6.45, 7) is 6.68. The van der Waals surface area contributed by atoms with E-state index in [1.165, 1.54) is 0 Å². The normalized spacial score (nSPS) is 14.6. The van der Waals surface area contributed by atoms with Crippen LogP contribution in [0.15, 0.2) is 43.1 Å². The second-order valence-corrected chi connectivity index (χ2v) is 5.86. The lowest BCUT2D eigenvalue weighted by molar-refractivity contribution is 0.122. The molecule has 0 spiro atoms. The quantitative estimate of drug-likeness (QED) is 0.794. The molecule has 1 aromatic carbocycles. The highest BCUT2D eigenvalue weighted by Gasteiger charge is 2.19. The lowest BCUT2D eigenvalue weighted by Gasteiger charge is -2.28. The third-order valence-corrected chi connectivity index (χ3v) is 4.21. The Morgan fingerprint density at radius 2 is 1.88 bits per heavy atom. The molecule has 1 N–H and O–H groups in total. The number of phenols is 1. The minimum Gasteiger partial charge on any atom is -0.508 e. The van der Waals surface area contributed by atoms with Crippen LogP contribution in [0.2, 0.25) is 0 Å². The largest absolute Gasteiger partial charge is 0.508 e. The zero-order valence-corrected chi connectivity index (χ0v) is 13.7. The van der Waals surface area contributed by atoms with Crippen LogP contribution in [0.25, 0.3) is 28.5 Å². The molecule has 3 aromatic rings. The van der Waals surface area contributed by atoms with Crippen molar-refractivity contribution in [3.63, 3.8) is 0 Å². The highest BCUT2D eigenvalue weighted by atomic mass is 16.5. The van der Waals surface area contributed by atoms with E-state index in [9.17, 15) is 5.11 Å². The first-order valence-corrected chi connectivity index (χ1v) is 8.17. The number of morpholine rings is 1. The number of fused-ring (bicyclic) bond motifs is 1. The third-order valence-electron chi connectivity index (χ3n) is 4.21. The van der Waals surface area contributed by atoms with Crippen LogP contribution in [0.3, 0.4) is 0 Å². The van der Waals surface area contributed by atoms with E-state index in [-0.39, 0.29) is 5.75 Å². The lowest BCUT2D eigenvalue weighted by atomic mass is 10.2. The minimum absolute atomic E-state index is 0.216. The SMILES string of the molecule is C=Cc1cnc2c(N3CCOCC3)nc(-c3ccc(O)cc3)nc2c1. The van der Waals surface area contributed by atoms with Crippen molar-refractivity contribution >= 4 is 22.9 Å². The van der Waals surface area contributed by atoms with Crippen LogP contribution in [0.1, 0.15) is 5.56 Å². The van der Waals surface area contributed by atoms with Gasteiger partial charge in [0.05, 0.1) is 18.7 Å². The van der Waals surface area contributed by atoms with Crippen LogP contribution in [0, 0.1) is 0 Å². The zero-order chi connectivity index (χ0) is 17.2. The highest BCUT2D eigenvalue weighted by molar-refractivity contribution is 5.88. The number of benzene rings is 1. The van der Waals surface area contributed by atoms with Gasteiger partial charge in [-0.1, -0.05) is 12.7 Å². The van der Waals surface area contributed by atoms with Crippen LogP contribution in [-0.2, 0) is 4.74 Å². The monoisotopic (exact) mass is 334 g/mol. The Labute approximate surface area is 145 Å². The molecule has 1 fully saturated rings. The fourth-order valence-electron chi connectivity index (χ4n) is 2.87.